The summed E-state index contributed by atoms with van der Waals surface area (Å²) in [7, 11) is -0.0616. The fourth-order valence-electron chi connectivity index (χ4n) is 1.86. The van der Waals surface area contributed by atoms with Gasteiger partial charge in [0.1, 0.15) is 12.4 Å². The number of ether oxygens (including phenoxy) is 2. The Balaban J connectivity index is 2.23. The number of methoxy groups -OCH3 is 1. The molecule has 0 aliphatic carbocycles. The van der Waals surface area contributed by atoms with Crippen LogP contribution in [0.2, 0.25) is 0 Å². The van der Waals surface area contributed by atoms with Crippen LogP contribution < -0.4 is 14.4 Å². The maximum atomic E-state index is 12.1. The number of hydrogen-bond donors (Lipinski definition) is 1. The van der Waals surface area contributed by atoms with Crippen LogP contribution in [0.5, 0.6) is 5.75 Å². The number of hydrogen-bond acceptors (Lipinski definition) is 5. The summed E-state index contributed by atoms with van der Waals surface area (Å²) < 4.78 is 36.9. The van der Waals surface area contributed by atoms with E-state index in [9.17, 15) is 8.42 Å². The summed E-state index contributed by atoms with van der Waals surface area (Å²) in [5.41, 5.74) is 0.792. The van der Waals surface area contributed by atoms with Gasteiger partial charge in [-0.15, -0.1) is 0 Å². The fraction of sp³-hybridized carbons (Fsp3) is 0.500. The monoisotopic (exact) mass is 286 g/mol. The van der Waals surface area contributed by atoms with Crippen molar-refractivity contribution in [2.45, 2.75) is 4.90 Å². The maximum absolute atomic E-state index is 12.1. The average molecular weight is 286 g/mol. The zero-order chi connectivity index (χ0) is 13.9. The number of anilines is 1. The molecule has 0 unspecified atom stereocenters. The lowest BCUT2D eigenvalue weighted by Gasteiger charge is -2.28. The molecule has 106 valence electrons. The van der Waals surface area contributed by atoms with Crippen LogP contribution in [-0.4, -0.2) is 48.9 Å². The van der Waals surface area contributed by atoms with Crippen LogP contribution in [0.25, 0.3) is 0 Å². The molecule has 0 spiro atoms. The number of sulfonamides is 1. The van der Waals surface area contributed by atoms with Crippen molar-refractivity contribution in [2.24, 2.45) is 0 Å². The van der Waals surface area contributed by atoms with Gasteiger partial charge in [0, 0.05) is 20.7 Å². The Bertz CT molecular complexity index is 545. The maximum Gasteiger partial charge on any atom is 0.240 e. The van der Waals surface area contributed by atoms with Crippen molar-refractivity contribution in [1.29, 1.82) is 0 Å². The molecule has 0 fully saturated rings. The lowest BCUT2D eigenvalue weighted by atomic mass is 10.2. The second-order valence-electron chi connectivity index (χ2n) is 4.29. The first kappa shape index (κ1) is 14.1. The van der Waals surface area contributed by atoms with Crippen molar-refractivity contribution in [1.82, 2.24) is 4.72 Å². The first-order valence-corrected chi connectivity index (χ1v) is 7.49. The van der Waals surface area contributed by atoms with Gasteiger partial charge in [0.15, 0.2) is 0 Å². The summed E-state index contributed by atoms with van der Waals surface area (Å²) in [5.74, 6) is 0.713. The van der Waals surface area contributed by atoms with E-state index in [-0.39, 0.29) is 11.4 Å². The number of benzene rings is 1. The lowest BCUT2D eigenvalue weighted by molar-refractivity contribution is 0.204. The molecule has 0 atom stereocenters. The van der Waals surface area contributed by atoms with E-state index < -0.39 is 10.0 Å². The predicted octanol–water partition coefficient (Wildman–Crippen LogP) is 0.440. The fourth-order valence-corrected chi connectivity index (χ4v) is 2.89. The van der Waals surface area contributed by atoms with Crippen molar-refractivity contribution in [3.05, 3.63) is 18.2 Å². The van der Waals surface area contributed by atoms with Crippen LogP contribution in [-0.2, 0) is 14.8 Å². The van der Waals surface area contributed by atoms with Gasteiger partial charge in [-0.25, -0.2) is 13.1 Å². The molecule has 0 bridgehead atoms. The Morgan fingerprint density at radius 2 is 2.26 bits per heavy atom. The third kappa shape index (κ3) is 3.17. The summed E-state index contributed by atoms with van der Waals surface area (Å²) in [6.07, 6.45) is 0. The Labute approximate surface area is 113 Å². The van der Waals surface area contributed by atoms with E-state index in [1.54, 1.807) is 18.2 Å². The number of nitrogens with zero attached hydrogens (tertiary/aromatic N) is 1. The SMILES string of the molecule is COCCNS(=O)(=O)c1ccc2c(c1)N(C)CCO2. The van der Waals surface area contributed by atoms with Crippen molar-refractivity contribution >= 4 is 15.7 Å². The molecule has 2 rings (SSSR count). The van der Waals surface area contributed by atoms with E-state index in [2.05, 4.69) is 4.72 Å². The molecule has 1 N–H and O–H groups in total. The van der Waals surface area contributed by atoms with Gasteiger partial charge in [-0.2, -0.15) is 0 Å². The first-order chi connectivity index (χ1) is 9.04. The van der Waals surface area contributed by atoms with Gasteiger partial charge >= 0.3 is 0 Å². The van der Waals surface area contributed by atoms with Gasteiger partial charge in [0.25, 0.3) is 0 Å². The molecule has 1 aromatic carbocycles. The molecular weight excluding hydrogens is 268 g/mol. The molecule has 1 aliphatic rings. The summed E-state index contributed by atoms with van der Waals surface area (Å²) in [5, 5.41) is 0. The molecule has 1 heterocycles. The van der Waals surface area contributed by atoms with Crippen molar-refractivity contribution in [3.63, 3.8) is 0 Å². The molecular formula is C12H18N2O4S. The van der Waals surface area contributed by atoms with Gasteiger partial charge in [0.05, 0.1) is 23.7 Å². The Morgan fingerprint density at radius 1 is 1.47 bits per heavy atom. The minimum atomic E-state index is -3.50. The molecule has 0 saturated carbocycles. The molecule has 0 saturated heterocycles. The Morgan fingerprint density at radius 3 is 3.00 bits per heavy atom. The smallest absolute Gasteiger partial charge is 0.240 e. The van der Waals surface area contributed by atoms with Crippen molar-refractivity contribution in [3.8, 4) is 5.75 Å². The zero-order valence-electron chi connectivity index (χ0n) is 11.0. The van der Waals surface area contributed by atoms with Gasteiger partial charge in [-0.3, -0.25) is 0 Å². The van der Waals surface area contributed by atoms with E-state index in [0.717, 1.165) is 12.2 Å². The summed E-state index contributed by atoms with van der Waals surface area (Å²) in [4.78, 5) is 2.22. The number of likely N-dealkylation sites (N-methyl/N-ethyl adjacent to an activating group) is 1. The quantitative estimate of drug-likeness (QED) is 0.796. The zero-order valence-corrected chi connectivity index (χ0v) is 11.9. The van der Waals surface area contributed by atoms with Gasteiger partial charge in [-0.1, -0.05) is 0 Å². The highest BCUT2D eigenvalue weighted by Crippen LogP contribution is 2.32. The molecule has 0 aromatic heterocycles. The van der Waals surface area contributed by atoms with Gasteiger partial charge in [0.2, 0.25) is 10.0 Å². The van der Waals surface area contributed by atoms with Crippen LogP contribution in [0.4, 0.5) is 5.69 Å². The van der Waals surface area contributed by atoms with Crippen LogP contribution in [0, 0.1) is 0 Å². The second-order valence-corrected chi connectivity index (χ2v) is 6.06. The highest BCUT2D eigenvalue weighted by Gasteiger charge is 2.20. The van der Waals surface area contributed by atoms with Crippen molar-refractivity contribution < 1.29 is 17.9 Å². The highest BCUT2D eigenvalue weighted by atomic mass is 32.2. The normalized spacial score (nSPS) is 14.9. The second kappa shape index (κ2) is 5.77. The Kier molecular flexibility index (Phi) is 4.28. The first-order valence-electron chi connectivity index (χ1n) is 6.01. The Hall–Kier alpha value is -1.31. The van der Waals surface area contributed by atoms with Crippen LogP contribution >= 0.6 is 0 Å². The largest absolute Gasteiger partial charge is 0.490 e. The summed E-state index contributed by atoms with van der Waals surface area (Å²) >= 11 is 0. The molecule has 19 heavy (non-hydrogen) atoms. The number of rotatable bonds is 5. The predicted molar refractivity (Wildman–Crippen MR) is 72.3 cm³/mol. The van der Waals surface area contributed by atoms with E-state index >= 15 is 0 Å². The molecule has 1 aromatic rings. The molecule has 1 aliphatic heterocycles. The third-order valence-corrected chi connectivity index (χ3v) is 4.39. The molecule has 0 radical (unpaired) electrons. The van der Waals surface area contributed by atoms with E-state index in [0.29, 0.717) is 19.0 Å². The van der Waals surface area contributed by atoms with Crippen LogP contribution in [0.1, 0.15) is 0 Å². The summed E-state index contributed by atoms with van der Waals surface area (Å²) in [6.45, 7) is 1.95. The van der Waals surface area contributed by atoms with E-state index in [4.69, 9.17) is 9.47 Å². The van der Waals surface area contributed by atoms with E-state index in [1.165, 1.54) is 7.11 Å². The minimum absolute atomic E-state index is 0.236. The number of fused-ring (bicyclic) bond motifs is 1. The number of nitrogens with one attached hydrogen (secondary N) is 1. The topological polar surface area (TPSA) is 67.9 Å². The molecule has 0 amide bonds. The lowest BCUT2D eigenvalue weighted by Crippen LogP contribution is -2.30. The van der Waals surface area contributed by atoms with Gasteiger partial charge in [-0.05, 0) is 18.2 Å². The molecule has 7 heteroatoms. The van der Waals surface area contributed by atoms with Crippen LogP contribution in [0.15, 0.2) is 23.1 Å². The minimum Gasteiger partial charge on any atom is -0.490 e. The van der Waals surface area contributed by atoms with Crippen LogP contribution in [0.3, 0.4) is 0 Å². The standard InChI is InChI=1S/C12H18N2O4S/c1-14-6-8-18-12-4-3-10(9-11(12)14)19(15,16)13-5-7-17-2/h3-4,9,13H,5-8H2,1-2H3. The summed E-state index contributed by atoms with van der Waals surface area (Å²) in [6, 6.07) is 4.87. The third-order valence-electron chi connectivity index (χ3n) is 2.93. The average Bonchev–Trinajstić information content (AvgIpc) is 2.39. The molecule has 6 nitrogen and oxygen atoms in total. The van der Waals surface area contributed by atoms with E-state index in [1.807, 2.05) is 11.9 Å². The van der Waals surface area contributed by atoms with Gasteiger partial charge < -0.3 is 14.4 Å². The highest BCUT2D eigenvalue weighted by molar-refractivity contribution is 7.89. The van der Waals surface area contributed by atoms with Crippen molar-refractivity contribution in [2.75, 3.05) is 45.4 Å².